The fraction of sp³-hybridized carbons (Fsp3) is 0.857. The number of carboxylic acids is 2. The van der Waals surface area contributed by atoms with Crippen molar-refractivity contribution in [1.82, 2.24) is 30.2 Å². The molecule has 1 fully saturated rings. The van der Waals surface area contributed by atoms with Gasteiger partial charge >= 0.3 is 11.9 Å². The Bertz CT molecular complexity index is 1020. The summed E-state index contributed by atoms with van der Waals surface area (Å²) in [5.74, 6) is -2.17. The molecular weight excluding hydrogens is 776 g/mol. The first-order valence-electron chi connectivity index (χ1n) is 19.2. The summed E-state index contributed by atoms with van der Waals surface area (Å²) in [7, 11) is -2.97. The molecule has 1 saturated heterocycles. The van der Waals surface area contributed by atoms with E-state index in [-0.39, 0.29) is 19.6 Å². The second-order valence-electron chi connectivity index (χ2n) is 11.7. The zero-order valence-corrected chi connectivity index (χ0v) is 35.9. The zero-order chi connectivity index (χ0) is 44.2. The van der Waals surface area contributed by atoms with Crippen molar-refractivity contribution in [3.63, 3.8) is 0 Å². The van der Waals surface area contributed by atoms with Gasteiger partial charge in [-0.3, -0.25) is 38.4 Å². The Kier molecular flexibility index (Phi) is 48.8. The number of hydrogen-bond donors (Lipinski definition) is 6. The molecule has 6 N–H and O–H groups in total. The maximum atomic E-state index is 11.1. The van der Waals surface area contributed by atoms with Gasteiger partial charge in [-0.05, 0) is 19.9 Å². The Balaban J connectivity index is -0.000000383. The van der Waals surface area contributed by atoms with Gasteiger partial charge in [-0.2, -0.15) is 8.42 Å². The predicted octanol–water partition coefficient (Wildman–Crippen LogP) is -1.55. The highest BCUT2D eigenvalue weighted by Gasteiger charge is 2.18. The Labute approximate surface area is 340 Å². The maximum absolute atomic E-state index is 11.1. The van der Waals surface area contributed by atoms with Gasteiger partial charge in [0.15, 0.2) is 0 Å². The summed E-state index contributed by atoms with van der Waals surface area (Å²) >= 11 is 0. The van der Waals surface area contributed by atoms with Crippen LogP contribution < -0.4 is 10.6 Å². The number of nitrogens with one attached hydrogen (secondary N) is 2. The van der Waals surface area contributed by atoms with Crippen LogP contribution in [0.1, 0.15) is 41.0 Å². The van der Waals surface area contributed by atoms with Crippen molar-refractivity contribution in [3.05, 3.63) is 0 Å². The highest BCUT2D eigenvalue weighted by atomic mass is 32.2. The standard InChI is InChI=1S/C16H30N4O5.C12H25NO5.C4H9NO4S.C2H6.CH4O/c1-2-17-3-7-19(13-15(22)23)9-5-18(11-12-21)6-10-20(8-4-17)14-16(24)25;1-2-4-15-6-8-17-10-11-18-9-7-16-5-3-13-12-14;1-4(5-3-6)2-10(7,8)9;2*1-2/h12H,2-11,13-14H2,1H3,(H,22,23)(H,24,25);12H,2-11H2,1H3,(H,13,14);3-4H,2H2,1H3,(H,5,6)(H,7,8,9);1-2H3;2H,1H3. The molecule has 1 unspecified atom stereocenters. The van der Waals surface area contributed by atoms with Crippen LogP contribution in [-0.2, 0) is 53.0 Å². The van der Waals surface area contributed by atoms with E-state index in [0.29, 0.717) is 105 Å². The zero-order valence-electron chi connectivity index (χ0n) is 35.0. The van der Waals surface area contributed by atoms with Gasteiger partial charge in [-0.15, -0.1) is 0 Å². The monoisotopic (exact) mass is 850 g/mol. The second kappa shape index (κ2) is 45.8. The molecule has 22 heteroatoms. The largest absolute Gasteiger partial charge is 0.480 e. The molecule has 0 aromatic heterocycles. The van der Waals surface area contributed by atoms with Crippen LogP contribution in [0.2, 0.25) is 0 Å². The lowest BCUT2D eigenvalue weighted by molar-refractivity contribution is -0.139. The van der Waals surface area contributed by atoms with Crippen LogP contribution in [0.15, 0.2) is 0 Å². The van der Waals surface area contributed by atoms with Crippen molar-refractivity contribution >= 4 is 41.2 Å². The molecule has 21 nitrogen and oxygen atoms in total. The van der Waals surface area contributed by atoms with Crippen LogP contribution in [-0.4, -0.2) is 236 Å². The molecule has 0 bridgehead atoms. The first-order valence-corrected chi connectivity index (χ1v) is 20.8. The molecule has 0 aromatic rings. The quantitative estimate of drug-likeness (QED) is 0.0327. The molecule has 2 amide bonds. The highest BCUT2D eigenvalue weighted by Crippen LogP contribution is 2.00. The lowest BCUT2D eigenvalue weighted by Crippen LogP contribution is -2.47. The van der Waals surface area contributed by atoms with E-state index in [0.717, 1.165) is 46.1 Å². The number of ether oxygens (including phenoxy) is 4. The first kappa shape index (κ1) is 60.8. The lowest BCUT2D eigenvalue weighted by atomic mass is 10.3. The van der Waals surface area contributed by atoms with Crippen LogP contribution in [0, 0.1) is 0 Å². The van der Waals surface area contributed by atoms with Crippen molar-refractivity contribution in [1.29, 1.82) is 0 Å². The van der Waals surface area contributed by atoms with E-state index < -0.39 is 33.9 Å². The number of aliphatic carboxylic acids is 2. The third-order valence-electron chi connectivity index (χ3n) is 7.18. The average molecular weight is 851 g/mol. The summed E-state index contributed by atoms with van der Waals surface area (Å²) in [5, 5.41) is 29.8. The topological polar surface area (TPSA) is 274 Å². The minimum absolute atomic E-state index is 0.0162. The molecule has 1 heterocycles. The smallest absolute Gasteiger partial charge is 0.317 e. The van der Waals surface area contributed by atoms with Crippen molar-refractivity contribution in [2.45, 2.75) is 47.1 Å². The van der Waals surface area contributed by atoms with Gasteiger partial charge in [0.1, 0.15) is 6.29 Å². The number of nitrogens with zero attached hydrogens (tertiary/aromatic N) is 4. The van der Waals surface area contributed by atoms with Gasteiger partial charge in [-0.1, -0.05) is 27.7 Å². The Hall–Kier alpha value is -2.90. The van der Waals surface area contributed by atoms with Crippen molar-refractivity contribution in [2.24, 2.45) is 0 Å². The number of amides is 2. The molecule has 0 saturated carbocycles. The number of carbonyl (C=O) groups excluding carboxylic acids is 3. The van der Waals surface area contributed by atoms with Crippen molar-refractivity contribution in [3.8, 4) is 0 Å². The lowest BCUT2D eigenvalue weighted by Gasteiger charge is -2.32. The molecule has 1 rings (SSSR count). The van der Waals surface area contributed by atoms with Crippen LogP contribution in [0.5, 0.6) is 0 Å². The van der Waals surface area contributed by atoms with Gasteiger partial charge in [0.25, 0.3) is 10.1 Å². The molecule has 1 aliphatic heterocycles. The van der Waals surface area contributed by atoms with Gasteiger partial charge in [0.2, 0.25) is 12.8 Å². The molecule has 0 aromatic carbocycles. The summed E-state index contributed by atoms with van der Waals surface area (Å²) < 4.78 is 49.5. The number of rotatable bonds is 26. The molecule has 57 heavy (non-hydrogen) atoms. The molecule has 1 atom stereocenters. The van der Waals surface area contributed by atoms with E-state index >= 15 is 0 Å². The minimum Gasteiger partial charge on any atom is -0.480 e. The number of aliphatic hydroxyl groups excluding tert-OH is 1. The number of carbonyl (C=O) groups is 5. The van der Waals surface area contributed by atoms with Gasteiger partial charge in [-0.25, -0.2) is 0 Å². The summed E-state index contributed by atoms with van der Waals surface area (Å²) in [4.78, 5) is 60.5. The summed E-state index contributed by atoms with van der Waals surface area (Å²) in [6.45, 7) is 21.0. The fourth-order valence-electron chi connectivity index (χ4n) is 4.46. The average Bonchev–Trinajstić information content (AvgIpc) is 3.16. The molecule has 1 aliphatic rings. The van der Waals surface area contributed by atoms with Crippen LogP contribution in [0.4, 0.5) is 0 Å². The SMILES string of the molecule is CC.CC(CS(=O)(=O)O)NC=O.CCCOCCOCCOCCOCCNC=O.CCN1CCN(CC(=O)O)CCN(CC=O)CCN(CC(=O)O)CC1.CO. The molecule has 0 spiro atoms. The van der Waals surface area contributed by atoms with Gasteiger partial charge in [0.05, 0.1) is 71.6 Å². The highest BCUT2D eigenvalue weighted by molar-refractivity contribution is 7.85. The van der Waals surface area contributed by atoms with E-state index in [1.54, 1.807) is 0 Å². The van der Waals surface area contributed by atoms with Crippen molar-refractivity contribution < 1.29 is 71.2 Å². The van der Waals surface area contributed by atoms with Gasteiger partial charge < -0.3 is 54.6 Å². The normalized spacial score (nSPS) is 15.0. The molecular formula is C35H74N6O15S. The Morgan fingerprint density at radius 3 is 1.39 bits per heavy atom. The van der Waals surface area contributed by atoms with E-state index in [2.05, 4.69) is 22.5 Å². The number of aldehydes is 1. The number of carboxylic acid groups (broad SMARTS) is 2. The molecule has 340 valence electrons. The number of aliphatic hydroxyl groups is 1. The number of likely N-dealkylation sites (N-methyl/N-ethyl adjacent to an activating group) is 1. The van der Waals surface area contributed by atoms with Crippen LogP contribution in [0.25, 0.3) is 0 Å². The Morgan fingerprint density at radius 2 is 1.05 bits per heavy atom. The second-order valence-corrected chi connectivity index (χ2v) is 13.2. The summed E-state index contributed by atoms with van der Waals surface area (Å²) in [5.41, 5.74) is 0. The fourth-order valence-corrected chi connectivity index (χ4v) is 5.19. The van der Waals surface area contributed by atoms with E-state index in [1.165, 1.54) is 6.92 Å². The van der Waals surface area contributed by atoms with Crippen molar-refractivity contribution in [2.75, 3.05) is 151 Å². The third-order valence-corrected chi connectivity index (χ3v) is 8.10. The van der Waals surface area contributed by atoms with Crippen LogP contribution in [0.3, 0.4) is 0 Å². The van der Waals surface area contributed by atoms with E-state index in [1.807, 2.05) is 35.5 Å². The third kappa shape index (κ3) is 49.2. The minimum atomic E-state index is -3.97. The van der Waals surface area contributed by atoms with E-state index in [9.17, 15) is 32.4 Å². The maximum Gasteiger partial charge on any atom is 0.317 e. The van der Waals surface area contributed by atoms with Gasteiger partial charge in [0, 0.05) is 78.7 Å². The number of hydrogen-bond acceptors (Lipinski definition) is 16. The predicted molar refractivity (Wildman–Crippen MR) is 215 cm³/mol. The van der Waals surface area contributed by atoms with E-state index in [4.69, 9.17) is 38.8 Å². The Morgan fingerprint density at radius 1 is 0.667 bits per heavy atom. The summed E-state index contributed by atoms with van der Waals surface area (Å²) in [6, 6.07) is -0.549. The summed E-state index contributed by atoms with van der Waals surface area (Å²) in [6.07, 6.45) is 2.90. The molecule has 0 radical (unpaired) electrons. The molecule has 0 aliphatic carbocycles. The van der Waals surface area contributed by atoms with Crippen LogP contribution >= 0.6 is 0 Å². The first-order chi connectivity index (χ1) is 27.3.